The zero-order chi connectivity index (χ0) is 14.7. The Morgan fingerprint density at radius 2 is 1.17 bits per heavy atom. The van der Waals surface area contributed by atoms with Crippen molar-refractivity contribution in [3.05, 3.63) is 10.6 Å². The van der Waals surface area contributed by atoms with Crippen LogP contribution in [-0.4, -0.2) is 28.9 Å². The molecule has 0 atom stereocenters. The van der Waals surface area contributed by atoms with Crippen LogP contribution in [0.1, 0.15) is 0 Å². The minimum Gasteiger partial charge on any atom is -0.276 e. The minimum absolute atomic E-state index is 2.47. The summed E-state index contributed by atoms with van der Waals surface area (Å²) in [5.74, 6) is -24.8. The zero-order valence-corrected chi connectivity index (χ0v) is 9.20. The van der Waals surface area contributed by atoms with Gasteiger partial charge in [-0.3, -0.25) is 4.79 Å². The Morgan fingerprint density at radius 1 is 0.833 bits per heavy atom. The van der Waals surface area contributed by atoms with Crippen LogP contribution in [0, 0.1) is 0 Å². The van der Waals surface area contributed by atoms with E-state index in [-0.39, 0.29) is 0 Å². The van der Waals surface area contributed by atoms with Gasteiger partial charge in [0.05, 0.1) is 0 Å². The van der Waals surface area contributed by atoms with Gasteiger partial charge in [0.15, 0.2) is 0 Å². The minimum atomic E-state index is -6.53. The van der Waals surface area contributed by atoms with Crippen molar-refractivity contribution in [3.63, 3.8) is 0 Å². The maximum atomic E-state index is 13.0. The molecule has 0 N–H and O–H groups in total. The van der Waals surface area contributed by atoms with Gasteiger partial charge in [-0.2, -0.15) is 35.1 Å². The third-order valence-electron chi connectivity index (χ3n) is 2.19. The van der Waals surface area contributed by atoms with Crippen molar-refractivity contribution < 1.29 is 39.9 Å². The van der Waals surface area contributed by atoms with E-state index in [1.165, 1.54) is 0 Å². The molecule has 1 aliphatic carbocycles. The first-order valence-corrected chi connectivity index (χ1v) is 4.60. The molecule has 11 heteroatoms. The van der Waals surface area contributed by atoms with Gasteiger partial charge in [-0.15, -0.1) is 0 Å². The topological polar surface area (TPSA) is 17.1 Å². The smallest absolute Gasteiger partial charge is 0.276 e. The van der Waals surface area contributed by atoms with Crippen molar-refractivity contribution in [3.8, 4) is 0 Å². The monoisotopic (exact) mass is 322 g/mol. The first-order chi connectivity index (χ1) is 7.73. The molecule has 0 saturated carbocycles. The van der Waals surface area contributed by atoms with E-state index in [2.05, 4.69) is 23.2 Å². The highest BCUT2D eigenvalue weighted by molar-refractivity contribution is 6.68. The van der Waals surface area contributed by atoms with E-state index in [9.17, 15) is 39.9 Å². The predicted molar refractivity (Wildman–Crippen MR) is 43.5 cm³/mol. The van der Waals surface area contributed by atoms with Crippen LogP contribution in [0.25, 0.3) is 0 Å². The van der Waals surface area contributed by atoms with Gasteiger partial charge in [0, 0.05) is 0 Å². The number of hydrogen-bond acceptors (Lipinski definition) is 1. The van der Waals surface area contributed by atoms with Crippen LogP contribution in [-0.2, 0) is 4.79 Å². The quantitative estimate of drug-likeness (QED) is 0.530. The van der Waals surface area contributed by atoms with Crippen LogP contribution in [0.3, 0.4) is 0 Å². The number of carbonyl (C=O) groups is 1. The van der Waals surface area contributed by atoms with Gasteiger partial charge in [-0.25, -0.2) is 0 Å². The van der Waals surface area contributed by atoms with Crippen molar-refractivity contribution in [2.24, 2.45) is 0 Å². The van der Waals surface area contributed by atoms with Crippen LogP contribution < -0.4 is 0 Å². The van der Waals surface area contributed by atoms with Gasteiger partial charge >= 0.3 is 23.7 Å². The second kappa shape index (κ2) is 3.72. The maximum Gasteiger partial charge on any atom is 0.383 e. The lowest BCUT2D eigenvalue weighted by Crippen LogP contribution is -2.67. The van der Waals surface area contributed by atoms with Crippen LogP contribution in [0.5, 0.6) is 0 Å². The number of halogens is 10. The van der Waals surface area contributed by atoms with Gasteiger partial charge in [0.25, 0.3) is 5.24 Å². The van der Waals surface area contributed by atoms with E-state index in [0.29, 0.717) is 0 Å². The summed E-state index contributed by atoms with van der Waals surface area (Å²) in [5, 5.41) is -5.18. The van der Waals surface area contributed by atoms with Gasteiger partial charge in [0.1, 0.15) is 10.6 Å². The van der Waals surface area contributed by atoms with E-state index in [0.717, 1.165) is 0 Å². The SMILES string of the molecule is O=C(Cl)C1=C(Cl)C(F)(F)C(F)(F)C(F)(F)C1(F)F. The molecule has 0 saturated heterocycles. The molecule has 0 amide bonds. The van der Waals surface area contributed by atoms with Gasteiger partial charge in [-0.1, -0.05) is 11.6 Å². The Morgan fingerprint density at radius 3 is 1.50 bits per heavy atom. The van der Waals surface area contributed by atoms with Crippen molar-refractivity contribution in [2.75, 3.05) is 0 Å². The summed E-state index contributed by atoms with van der Waals surface area (Å²) in [5.41, 5.74) is -2.74. The molecule has 0 unspecified atom stereocenters. The maximum absolute atomic E-state index is 13.0. The lowest BCUT2D eigenvalue weighted by Gasteiger charge is -2.41. The molecule has 0 radical (unpaired) electrons. The Bertz CT molecular complexity index is 441. The molecular formula is C7Cl2F8O. The number of alkyl halides is 8. The molecule has 0 bridgehead atoms. The molecule has 0 aromatic rings. The fourth-order valence-corrected chi connectivity index (χ4v) is 1.78. The molecule has 1 nitrogen and oxygen atoms in total. The fourth-order valence-electron chi connectivity index (χ4n) is 1.19. The Hall–Kier alpha value is -0.570. The molecule has 0 spiro atoms. The Kier molecular flexibility index (Phi) is 3.20. The molecule has 0 aliphatic heterocycles. The summed E-state index contributed by atoms with van der Waals surface area (Å²) >= 11 is 8.91. The summed E-state index contributed by atoms with van der Waals surface area (Å²) in [7, 11) is 0. The van der Waals surface area contributed by atoms with Crippen molar-refractivity contribution in [1.82, 2.24) is 0 Å². The van der Waals surface area contributed by atoms with Gasteiger partial charge < -0.3 is 0 Å². The lowest BCUT2D eigenvalue weighted by molar-refractivity contribution is -0.356. The molecular weight excluding hydrogens is 323 g/mol. The van der Waals surface area contributed by atoms with E-state index in [1.54, 1.807) is 0 Å². The van der Waals surface area contributed by atoms with E-state index in [4.69, 9.17) is 0 Å². The first kappa shape index (κ1) is 15.5. The summed E-state index contributed by atoms with van der Waals surface area (Å²) in [6.07, 6.45) is 0. The average molecular weight is 323 g/mol. The van der Waals surface area contributed by atoms with Crippen LogP contribution in [0.4, 0.5) is 35.1 Å². The second-order valence-electron chi connectivity index (χ2n) is 3.26. The van der Waals surface area contributed by atoms with Gasteiger partial charge in [-0.05, 0) is 11.6 Å². The Labute approximate surface area is 103 Å². The van der Waals surface area contributed by atoms with Crippen molar-refractivity contribution >= 4 is 28.4 Å². The number of carbonyl (C=O) groups excluding carboxylic acids is 1. The first-order valence-electron chi connectivity index (χ1n) is 3.84. The summed E-state index contributed by atoms with van der Waals surface area (Å²) in [4.78, 5) is 10.4. The highest BCUT2D eigenvalue weighted by Gasteiger charge is 2.86. The standard InChI is InChI=1S/C7Cl2F8O/c8-2-1(3(9)18)4(10,11)6(14,15)7(16,17)5(2,12)13. The molecule has 104 valence electrons. The third kappa shape index (κ3) is 1.49. The molecule has 1 rings (SSSR count). The van der Waals surface area contributed by atoms with Crippen LogP contribution >= 0.6 is 23.2 Å². The highest BCUT2D eigenvalue weighted by Crippen LogP contribution is 2.62. The van der Waals surface area contributed by atoms with Gasteiger partial charge in [0.2, 0.25) is 0 Å². The van der Waals surface area contributed by atoms with E-state index < -0.39 is 39.5 Å². The van der Waals surface area contributed by atoms with E-state index >= 15 is 0 Å². The average Bonchev–Trinajstić information content (AvgIpc) is 2.14. The predicted octanol–water partition coefficient (Wildman–Crippen LogP) is 3.80. The normalized spacial score (nSPS) is 28.1. The molecule has 0 heterocycles. The summed E-state index contributed by atoms with van der Waals surface area (Å²) < 4.78 is 103. The van der Waals surface area contributed by atoms with Crippen LogP contribution in [0.15, 0.2) is 10.6 Å². The summed E-state index contributed by atoms with van der Waals surface area (Å²) in [6.45, 7) is 0. The summed E-state index contributed by atoms with van der Waals surface area (Å²) in [6, 6.07) is 0. The number of rotatable bonds is 1. The molecule has 1 aliphatic rings. The second-order valence-corrected chi connectivity index (χ2v) is 3.98. The Balaban J connectivity index is 3.79. The third-order valence-corrected chi connectivity index (χ3v) is 2.80. The largest absolute Gasteiger partial charge is 0.383 e. The highest BCUT2D eigenvalue weighted by atomic mass is 35.5. The molecule has 18 heavy (non-hydrogen) atoms. The lowest BCUT2D eigenvalue weighted by atomic mass is 9.86. The van der Waals surface area contributed by atoms with Crippen molar-refractivity contribution in [2.45, 2.75) is 23.7 Å². The molecule has 0 aromatic carbocycles. The number of hydrogen-bond donors (Lipinski definition) is 0. The molecule has 0 fully saturated rings. The van der Waals surface area contributed by atoms with Crippen molar-refractivity contribution in [1.29, 1.82) is 0 Å². The molecule has 0 aromatic heterocycles. The zero-order valence-electron chi connectivity index (χ0n) is 7.69. The van der Waals surface area contributed by atoms with E-state index in [1.807, 2.05) is 0 Å². The fraction of sp³-hybridized carbons (Fsp3) is 0.571. The van der Waals surface area contributed by atoms with Crippen LogP contribution in [0.2, 0.25) is 0 Å². The number of allylic oxidation sites excluding steroid dienone is 2.